The Balaban J connectivity index is 1.58. The molecule has 0 saturated carbocycles. The molecule has 0 aliphatic carbocycles. The maximum absolute atomic E-state index is 14.2. The van der Waals surface area contributed by atoms with Gasteiger partial charge in [-0.1, -0.05) is 41.7 Å². The summed E-state index contributed by atoms with van der Waals surface area (Å²) >= 11 is 1.23. The Morgan fingerprint density at radius 3 is 2.50 bits per heavy atom. The highest BCUT2D eigenvalue weighted by Gasteiger charge is 2.34. The Labute approximate surface area is 282 Å². The van der Waals surface area contributed by atoms with Gasteiger partial charge in [-0.15, -0.1) is 0 Å². The van der Waals surface area contributed by atoms with Crippen LogP contribution in [0, 0.1) is 11.3 Å². The molecule has 0 fully saturated rings. The van der Waals surface area contributed by atoms with Crippen molar-refractivity contribution in [1.82, 2.24) is 4.57 Å². The van der Waals surface area contributed by atoms with Crippen LogP contribution < -0.4 is 33.8 Å². The number of hydrogen-bond acceptors (Lipinski definition) is 10. The number of allylic oxidation sites excluding steroid dienone is 1. The lowest BCUT2D eigenvalue weighted by atomic mass is 9.95. The van der Waals surface area contributed by atoms with Crippen molar-refractivity contribution in [2.75, 3.05) is 20.3 Å². The fourth-order valence-electron chi connectivity index (χ4n) is 5.38. The van der Waals surface area contributed by atoms with E-state index in [-0.39, 0.29) is 30.5 Å². The minimum Gasteiger partial charge on any atom is -0.493 e. The number of hydrogen-bond donors (Lipinski definition) is 0. The van der Waals surface area contributed by atoms with Crippen LogP contribution in [-0.2, 0) is 16.1 Å². The lowest BCUT2D eigenvalue weighted by molar-refractivity contribution is -0.139. The van der Waals surface area contributed by atoms with E-state index in [0.717, 1.165) is 5.56 Å². The highest BCUT2D eigenvalue weighted by atomic mass is 32.1. The SMILES string of the molecule is CCOC(=O)C1=C(C)N=c2s/c(=C\c3ccc(OCc4ccccc4C#N)c(OCC)c3)c(=O)n2[C@H]1c1ccc(OC(C)C)c(OC)c1. The van der Waals surface area contributed by atoms with Gasteiger partial charge in [-0.05, 0) is 82.2 Å². The lowest BCUT2D eigenvalue weighted by Gasteiger charge is -2.25. The quantitative estimate of drug-likeness (QED) is 0.183. The predicted molar refractivity (Wildman–Crippen MR) is 182 cm³/mol. The molecule has 10 nitrogen and oxygen atoms in total. The van der Waals surface area contributed by atoms with Crippen LogP contribution >= 0.6 is 11.3 Å². The number of methoxy groups -OCH3 is 1. The number of rotatable bonds is 12. The topological polar surface area (TPSA) is 121 Å². The first-order valence-corrected chi connectivity index (χ1v) is 16.4. The van der Waals surface area contributed by atoms with Gasteiger partial charge in [0.25, 0.3) is 5.56 Å². The molecule has 0 saturated heterocycles. The van der Waals surface area contributed by atoms with Gasteiger partial charge in [0, 0.05) is 5.56 Å². The number of fused-ring (bicyclic) bond motifs is 1. The molecule has 1 aliphatic rings. The molecule has 2 heterocycles. The molecule has 0 radical (unpaired) electrons. The molecule has 1 atom stereocenters. The smallest absolute Gasteiger partial charge is 0.338 e. The van der Waals surface area contributed by atoms with Crippen LogP contribution in [0.25, 0.3) is 6.08 Å². The van der Waals surface area contributed by atoms with E-state index in [1.807, 2.05) is 51.1 Å². The van der Waals surface area contributed by atoms with Crippen LogP contribution in [0.1, 0.15) is 62.9 Å². The Kier molecular flexibility index (Phi) is 10.7. The van der Waals surface area contributed by atoms with Gasteiger partial charge >= 0.3 is 5.97 Å². The summed E-state index contributed by atoms with van der Waals surface area (Å²) in [6.07, 6.45) is 1.69. The van der Waals surface area contributed by atoms with Crippen LogP contribution in [-0.4, -0.2) is 37.0 Å². The van der Waals surface area contributed by atoms with Crippen LogP contribution in [0.3, 0.4) is 0 Å². The highest BCUT2D eigenvalue weighted by Crippen LogP contribution is 2.37. The Hall–Kier alpha value is -5.34. The van der Waals surface area contributed by atoms with Gasteiger partial charge in [-0.2, -0.15) is 5.26 Å². The summed E-state index contributed by atoms with van der Waals surface area (Å²) < 4.78 is 30.9. The molecule has 1 aliphatic heterocycles. The summed E-state index contributed by atoms with van der Waals surface area (Å²) in [5.41, 5.74) is 3.08. The maximum atomic E-state index is 14.2. The zero-order valence-corrected chi connectivity index (χ0v) is 28.6. The Morgan fingerprint density at radius 2 is 1.79 bits per heavy atom. The number of esters is 1. The molecule has 48 heavy (non-hydrogen) atoms. The molecule has 1 aromatic heterocycles. The van der Waals surface area contributed by atoms with Crippen LogP contribution in [0.4, 0.5) is 0 Å². The zero-order chi connectivity index (χ0) is 34.4. The summed E-state index contributed by atoms with van der Waals surface area (Å²) in [4.78, 5) is 32.6. The Morgan fingerprint density at radius 1 is 1.02 bits per heavy atom. The summed E-state index contributed by atoms with van der Waals surface area (Å²) in [5.74, 6) is 1.49. The third-order valence-corrected chi connectivity index (χ3v) is 8.45. The van der Waals surface area contributed by atoms with E-state index in [9.17, 15) is 14.9 Å². The van der Waals surface area contributed by atoms with Crippen LogP contribution in [0.2, 0.25) is 0 Å². The molecule has 5 rings (SSSR count). The van der Waals surface area contributed by atoms with E-state index in [1.165, 1.54) is 15.9 Å². The number of carbonyl (C=O) groups excluding carboxylic acids is 1. The molecule has 0 spiro atoms. The second-order valence-electron chi connectivity index (χ2n) is 11.1. The van der Waals surface area contributed by atoms with Crippen molar-refractivity contribution in [2.24, 2.45) is 4.99 Å². The number of carbonyl (C=O) groups is 1. The van der Waals surface area contributed by atoms with Gasteiger partial charge in [-0.3, -0.25) is 9.36 Å². The second kappa shape index (κ2) is 15.0. The molecule has 248 valence electrons. The molecule has 11 heteroatoms. The Bertz CT molecular complexity index is 2090. The zero-order valence-electron chi connectivity index (χ0n) is 27.7. The first-order valence-electron chi connectivity index (χ1n) is 15.6. The molecule has 0 N–H and O–H groups in total. The summed E-state index contributed by atoms with van der Waals surface area (Å²) in [7, 11) is 1.54. The number of thiazole rings is 1. The first-order chi connectivity index (χ1) is 23.2. The number of ether oxygens (including phenoxy) is 5. The summed E-state index contributed by atoms with van der Waals surface area (Å²) in [6, 6.07) is 19.4. The number of aromatic nitrogens is 1. The molecular formula is C37H37N3O7S. The largest absolute Gasteiger partial charge is 0.493 e. The van der Waals surface area contributed by atoms with Crippen molar-refractivity contribution in [3.05, 3.63) is 114 Å². The molecular weight excluding hydrogens is 630 g/mol. The maximum Gasteiger partial charge on any atom is 0.338 e. The minimum absolute atomic E-state index is 0.0798. The van der Waals surface area contributed by atoms with Gasteiger partial charge in [0.2, 0.25) is 0 Å². The fraction of sp³-hybridized carbons (Fsp3) is 0.297. The van der Waals surface area contributed by atoms with Crippen molar-refractivity contribution in [2.45, 2.75) is 53.4 Å². The average Bonchev–Trinajstić information content (AvgIpc) is 3.37. The van der Waals surface area contributed by atoms with E-state index >= 15 is 0 Å². The minimum atomic E-state index is -0.810. The van der Waals surface area contributed by atoms with Crippen molar-refractivity contribution >= 4 is 23.4 Å². The normalized spacial score (nSPS) is 14.2. The fourth-order valence-corrected chi connectivity index (χ4v) is 6.42. The van der Waals surface area contributed by atoms with E-state index in [1.54, 1.807) is 57.4 Å². The molecule has 0 unspecified atom stereocenters. The molecule has 4 aromatic rings. The third-order valence-electron chi connectivity index (χ3n) is 7.47. The highest BCUT2D eigenvalue weighted by molar-refractivity contribution is 7.07. The second-order valence-corrected chi connectivity index (χ2v) is 12.1. The summed E-state index contributed by atoms with van der Waals surface area (Å²) in [6.45, 7) is 9.96. The van der Waals surface area contributed by atoms with Crippen molar-refractivity contribution < 1.29 is 28.5 Å². The predicted octanol–water partition coefficient (Wildman–Crippen LogP) is 5.44. The summed E-state index contributed by atoms with van der Waals surface area (Å²) in [5, 5.41) is 9.43. The van der Waals surface area contributed by atoms with E-state index < -0.39 is 12.0 Å². The van der Waals surface area contributed by atoms with Crippen molar-refractivity contribution in [3.8, 4) is 29.1 Å². The molecule has 0 bridgehead atoms. The van der Waals surface area contributed by atoms with Crippen LogP contribution in [0.15, 0.2) is 81.7 Å². The lowest BCUT2D eigenvalue weighted by Crippen LogP contribution is -2.40. The average molecular weight is 668 g/mol. The van der Waals surface area contributed by atoms with Gasteiger partial charge < -0.3 is 23.7 Å². The van der Waals surface area contributed by atoms with Gasteiger partial charge in [0.05, 0.1) is 59.9 Å². The van der Waals surface area contributed by atoms with E-state index in [0.29, 0.717) is 61.3 Å². The standard InChI is InChI=1S/C37H37N3O7S/c1-7-44-31-17-24(13-15-28(31)46-21-27-12-10-9-11-26(27)20-38)18-32-35(41)40-34(25-14-16-29(47-22(3)4)30(19-25)43-6)33(36(42)45-8-2)23(5)39-37(40)48-32/h9-19,22,34H,7-8,21H2,1-6H3/b32-18-/t34-/m0/s1. The van der Waals surface area contributed by atoms with E-state index in [2.05, 4.69) is 11.1 Å². The third kappa shape index (κ3) is 7.14. The van der Waals surface area contributed by atoms with Crippen LogP contribution in [0.5, 0.6) is 23.0 Å². The number of nitriles is 1. The monoisotopic (exact) mass is 667 g/mol. The van der Waals surface area contributed by atoms with Crippen molar-refractivity contribution in [1.29, 1.82) is 5.26 Å². The molecule has 0 amide bonds. The van der Waals surface area contributed by atoms with Gasteiger partial charge in [-0.25, -0.2) is 9.79 Å². The van der Waals surface area contributed by atoms with Gasteiger partial charge in [0.15, 0.2) is 27.8 Å². The van der Waals surface area contributed by atoms with Crippen molar-refractivity contribution in [3.63, 3.8) is 0 Å². The number of benzene rings is 3. The molecule has 3 aromatic carbocycles. The van der Waals surface area contributed by atoms with Gasteiger partial charge in [0.1, 0.15) is 6.61 Å². The number of nitrogens with zero attached hydrogens (tertiary/aromatic N) is 3. The first kappa shape index (κ1) is 34.0. The van der Waals surface area contributed by atoms with E-state index in [4.69, 9.17) is 23.7 Å².